The van der Waals surface area contributed by atoms with Gasteiger partial charge in [-0.25, -0.2) is 4.52 Å². The number of dihydropyridines is 1. The number of nitrogens with zero attached hydrogens (tertiary/aromatic N) is 5. The van der Waals surface area contributed by atoms with Crippen molar-refractivity contribution in [3.8, 4) is 10.4 Å². The number of hydrogen-bond donors (Lipinski definition) is 3. The second-order valence-electron chi connectivity index (χ2n) is 10.1. The van der Waals surface area contributed by atoms with Gasteiger partial charge in [0.05, 0.1) is 47.7 Å². The van der Waals surface area contributed by atoms with E-state index in [4.69, 9.17) is 4.74 Å². The first-order chi connectivity index (χ1) is 18.5. The van der Waals surface area contributed by atoms with Gasteiger partial charge < -0.3 is 20.7 Å². The molecule has 5 heterocycles. The van der Waals surface area contributed by atoms with E-state index in [0.29, 0.717) is 42.6 Å². The lowest BCUT2D eigenvalue weighted by atomic mass is 9.71. The van der Waals surface area contributed by atoms with Crippen LogP contribution in [0.15, 0.2) is 48.5 Å². The minimum absolute atomic E-state index is 0.0210. The minimum atomic E-state index is -0.246. The van der Waals surface area contributed by atoms with Gasteiger partial charge in [-0.3, -0.25) is 19.2 Å². The summed E-state index contributed by atoms with van der Waals surface area (Å²) in [5.74, 6) is 0.596. The number of thiazole rings is 1. The first-order valence-electron chi connectivity index (χ1n) is 13.0. The second-order valence-corrected chi connectivity index (χ2v) is 11.2. The number of likely N-dealkylation sites (tertiary alicyclic amines) is 1. The van der Waals surface area contributed by atoms with Gasteiger partial charge in [0.1, 0.15) is 4.83 Å². The Balaban J connectivity index is 1.09. The Kier molecular flexibility index (Phi) is 6.76. The standard InChI is InChI=1S/C26H32N8O3S/c1-16-21(9-19(11-27-16)30-24(35)5-6-32-13-17-3-4-22(17)32)31-25(36)20-12-29-34-15-23(38-26(20)34)18-10-28-33(14-18)7-8-37-2/h9-12,14-17,22,27H,3-8,13H2,1-2H3,(H,30,35)(H,31,36). The Labute approximate surface area is 224 Å². The molecule has 0 radical (unpaired) electrons. The van der Waals surface area contributed by atoms with Crippen molar-refractivity contribution >= 4 is 28.0 Å². The zero-order valence-electron chi connectivity index (χ0n) is 21.5. The van der Waals surface area contributed by atoms with Crippen LogP contribution in [0.3, 0.4) is 0 Å². The van der Waals surface area contributed by atoms with Crippen LogP contribution in [0.2, 0.25) is 0 Å². The number of piperidine rings is 1. The number of rotatable bonds is 10. The molecule has 0 bridgehead atoms. The van der Waals surface area contributed by atoms with Crippen LogP contribution in [0.1, 0.15) is 36.5 Å². The summed E-state index contributed by atoms with van der Waals surface area (Å²) in [6.07, 6.45) is 13.9. The zero-order valence-corrected chi connectivity index (χ0v) is 22.3. The molecule has 1 aliphatic carbocycles. The van der Waals surface area contributed by atoms with Crippen molar-refractivity contribution in [1.29, 1.82) is 0 Å². The van der Waals surface area contributed by atoms with Gasteiger partial charge in [0.2, 0.25) is 5.91 Å². The Bertz CT molecular complexity index is 1420. The van der Waals surface area contributed by atoms with Gasteiger partial charge in [-0.2, -0.15) is 10.2 Å². The van der Waals surface area contributed by atoms with Gasteiger partial charge in [0.25, 0.3) is 5.91 Å². The highest BCUT2D eigenvalue weighted by molar-refractivity contribution is 7.21. The van der Waals surface area contributed by atoms with Crippen molar-refractivity contribution < 1.29 is 14.3 Å². The maximum Gasteiger partial charge on any atom is 0.260 e. The number of fused-ring (bicyclic) bond motifs is 2. The maximum absolute atomic E-state index is 13.2. The van der Waals surface area contributed by atoms with Gasteiger partial charge >= 0.3 is 0 Å². The highest BCUT2D eigenvalue weighted by atomic mass is 32.1. The van der Waals surface area contributed by atoms with Crippen LogP contribution < -0.4 is 16.0 Å². The number of allylic oxidation sites excluding steroid dienone is 1. The topological polar surface area (TPSA) is 118 Å². The molecule has 0 spiro atoms. The fraction of sp³-hybridized carbons (Fsp3) is 0.462. The van der Waals surface area contributed by atoms with Gasteiger partial charge in [0.15, 0.2) is 0 Å². The van der Waals surface area contributed by atoms with Gasteiger partial charge in [-0.1, -0.05) is 0 Å². The molecule has 1 saturated carbocycles. The van der Waals surface area contributed by atoms with Crippen LogP contribution >= 0.6 is 11.3 Å². The summed E-state index contributed by atoms with van der Waals surface area (Å²) in [5, 5.41) is 18.0. The molecule has 6 rings (SSSR count). The number of nitrogens with one attached hydrogen (secondary N) is 3. The minimum Gasteiger partial charge on any atom is -0.383 e. The molecular formula is C26H32N8O3S. The predicted molar refractivity (Wildman–Crippen MR) is 143 cm³/mol. The van der Waals surface area contributed by atoms with E-state index < -0.39 is 0 Å². The molecule has 2 aliphatic heterocycles. The second kappa shape index (κ2) is 10.4. The van der Waals surface area contributed by atoms with Crippen LogP contribution in [0.5, 0.6) is 0 Å². The van der Waals surface area contributed by atoms with Crippen molar-refractivity contribution in [2.45, 2.75) is 44.8 Å². The van der Waals surface area contributed by atoms with Crippen LogP contribution in [-0.2, 0) is 16.1 Å². The molecule has 200 valence electrons. The van der Waals surface area contributed by atoms with Crippen molar-refractivity contribution in [3.05, 3.63) is 54.0 Å². The Hall–Kier alpha value is -3.48. The summed E-state index contributed by atoms with van der Waals surface area (Å²) in [5.41, 5.74) is 2.77. The summed E-state index contributed by atoms with van der Waals surface area (Å²) in [6, 6.07) is 0.591. The van der Waals surface area contributed by atoms with Crippen LogP contribution in [0.25, 0.3) is 15.3 Å². The average molecular weight is 537 g/mol. The summed E-state index contributed by atoms with van der Waals surface area (Å²) >= 11 is 1.49. The molecule has 11 nitrogen and oxygen atoms in total. The predicted octanol–water partition coefficient (Wildman–Crippen LogP) is 1.95. The molecule has 3 unspecified atom stereocenters. The van der Waals surface area contributed by atoms with Crippen LogP contribution in [0.4, 0.5) is 0 Å². The van der Waals surface area contributed by atoms with E-state index >= 15 is 0 Å². The molecule has 1 saturated heterocycles. The third kappa shape index (κ3) is 4.86. The number of carbonyl (C=O) groups is 2. The molecule has 2 fully saturated rings. The largest absolute Gasteiger partial charge is 0.383 e. The lowest BCUT2D eigenvalue weighted by Crippen LogP contribution is -2.62. The molecule has 38 heavy (non-hydrogen) atoms. The van der Waals surface area contributed by atoms with E-state index in [9.17, 15) is 9.59 Å². The number of hydrogen-bond acceptors (Lipinski definition) is 8. The van der Waals surface area contributed by atoms with Crippen molar-refractivity contribution in [2.75, 3.05) is 26.8 Å². The quantitative estimate of drug-likeness (QED) is 0.363. The molecule has 3 aliphatic rings. The molecule has 12 heteroatoms. The molecule has 3 atom stereocenters. The van der Waals surface area contributed by atoms with E-state index in [1.807, 2.05) is 30.1 Å². The number of amides is 2. The maximum atomic E-state index is 13.2. The van der Waals surface area contributed by atoms with E-state index in [1.165, 1.54) is 24.2 Å². The van der Waals surface area contributed by atoms with E-state index in [2.05, 4.69) is 31.0 Å². The number of carbonyl (C=O) groups excluding carboxylic acids is 2. The number of ether oxygens (including phenoxy) is 1. The number of aromatic nitrogens is 4. The Morgan fingerprint density at radius 3 is 2.84 bits per heavy atom. The lowest BCUT2D eigenvalue weighted by molar-refractivity contribution is -0.122. The first kappa shape index (κ1) is 24.8. The SMILES string of the molecule is COCCn1cc(-c2cn3ncc(C(=O)NC4=CC(NC(=O)CCN5CC6CCC65)=CNC4C)c3s2)cn1. The monoisotopic (exact) mass is 536 g/mol. The van der Waals surface area contributed by atoms with E-state index in [0.717, 1.165) is 34.3 Å². The van der Waals surface area contributed by atoms with Gasteiger partial charge in [-0.15, -0.1) is 11.3 Å². The fourth-order valence-corrected chi connectivity index (χ4v) is 6.23. The molecule has 2 amide bonds. The third-order valence-electron chi connectivity index (χ3n) is 7.63. The summed E-state index contributed by atoms with van der Waals surface area (Å²) in [4.78, 5) is 29.9. The van der Waals surface area contributed by atoms with Crippen molar-refractivity contribution in [2.24, 2.45) is 5.92 Å². The highest BCUT2D eigenvalue weighted by Crippen LogP contribution is 2.41. The third-order valence-corrected chi connectivity index (χ3v) is 8.79. The zero-order chi connectivity index (χ0) is 26.2. The molecule has 3 aromatic rings. The fourth-order valence-electron chi connectivity index (χ4n) is 5.20. The van der Waals surface area contributed by atoms with Crippen LogP contribution in [-0.4, -0.2) is 75.0 Å². The average Bonchev–Trinajstić information content (AvgIpc) is 3.61. The van der Waals surface area contributed by atoms with Gasteiger partial charge in [-0.05, 0) is 31.8 Å². The molecule has 3 N–H and O–H groups in total. The summed E-state index contributed by atoms with van der Waals surface area (Å²) in [7, 11) is 1.66. The van der Waals surface area contributed by atoms with Crippen LogP contribution in [0, 0.1) is 5.92 Å². The van der Waals surface area contributed by atoms with Crippen molar-refractivity contribution in [1.82, 2.24) is 40.2 Å². The smallest absolute Gasteiger partial charge is 0.260 e. The normalized spacial score (nSPS) is 22.5. The first-order valence-corrected chi connectivity index (χ1v) is 13.8. The number of methoxy groups -OCH3 is 1. The Morgan fingerprint density at radius 2 is 2.08 bits per heavy atom. The summed E-state index contributed by atoms with van der Waals surface area (Å²) in [6.45, 7) is 5.14. The Morgan fingerprint density at radius 1 is 1.18 bits per heavy atom. The van der Waals surface area contributed by atoms with E-state index in [1.54, 1.807) is 30.2 Å². The van der Waals surface area contributed by atoms with Gasteiger partial charge in [0, 0.05) is 62.5 Å². The summed E-state index contributed by atoms with van der Waals surface area (Å²) < 4.78 is 8.66. The lowest BCUT2D eigenvalue weighted by Gasteiger charge is -2.55. The molecule has 3 aromatic heterocycles. The molecular weight excluding hydrogens is 504 g/mol. The molecule has 0 aromatic carbocycles. The van der Waals surface area contributed by atoms with E-state index in [-0.39, 0.29) is 17.9 Å². The highest BCUT2D eigenvalue weighted by Gasteiger charge is 2.44. The van der Waals surface area contributed by atoms with Crippen molar-refractivity contribution in [3.63, 3.8) is 0 Å².